The third-order valence-electron chi connectivity index (χ3n) is 7.21. The Kier molecular flexibility index (Phi) is 11.5. The SMILES string of the molecule is CCCCNC(=O)[C@@H](CC)N(CCc1ccccc1)C(=O)CN(c1ccc(C)cc1C)S(=O)(=O)c1ccc(C)cc1. The Morgan fingerprint density at radius 1 is 0.878 bits per heavy atom. The van der Waals surface area contributed by atoms with Crippen molar-refractivity contribution < 1.29 is 18.0 Å². The Hall–Kier alpha value is -3.65. The van der Waals surface area contributed by atoms with Gasteiger partial charge in [0.25, 0.3) is 10.0 Å². The monoisotopic (exact) mass is 577 g/mol. The normalized spacial score (nSPS) is 12.0. The van der Waals surface area contributed by atoms with Crippen molar-refractivity contribution in [3.63, 3.8) is 0 Å². The second-order valence-corrected chi connectivity index (χ2v) is 12.4. The molecule has 3 aromatic rings. The summed E-state index contributed by atoms with van der Waals surface area (Å²) in [5, 5.41) is 2.97. The van der Waals surface area contributed by atoms with Gasteiger partial charge in [0, 0.05) is 13.1 Å². The topological polar surface area (TPSA) is 86.8 Å². The van der Waals surface area contributed by atoms with Gasteiger partial charge in [-0.25, -0.2) is 8.42 Å². The van der Waals surface area contributed by atoms with Gasteiger partial charge >= 0.3 is 0 Å². The number of aryl methyl sites for hydroxylation is 3. The fourth-order valence-corrected chi connectivity index (χ4v) is 6.32. The van der Waals surface area contributed by atoms with Crippen LogP contribution in [0.5, 0.6) is 0 Å². The number of hydrogen-bond acceptors (Lipinski definition) is 4. The van der Waals surface area contributed by atoms with Crippen molar-refractivity contribution in [2.45, 2.75) is 71.2 Å². The fraction of sp³-hybridized carbons (Fsp3) is 0.394. The van der Waals surface area contributed by atoms with Gasteiger partial charge in [-0.05, 0) is 69.4 Å². The number of benzene rings is 3. The van der Waals surface area contributed by atoms with E-state index in [1.54, 1.807) is 35.2 Å². The number of carbonyl (C=O) groups excluding carboxylic acids is 2. The average molecular weight is 578 g/mol. The summed E-state index contributed by atoms with van der Waals surface area (Å²) in [7, 11) is -4.09. The standard InChI is InChI=1S/C33H43N3O4S/c1-6-8-21-34-33(38)30(7-2)35(22-20-28-12-10-9-11-13-28)32(37)24-36(31-19-16-26(4)23-27(31)5)41(39,40)29-17-14-25(3)15-18-29/h9-19,23,30H,6-8,20-22,24H2,1-5H3,(H,34,38)/t30-/m1/s1. The second kappa shape index (κ2) is 14.8. The lowest BCUT2D eigenvalue weighted by Crippen LogP contribution is -2.53. The third-order valence-corrected chi connectivity index (χ3v) is 8.98. The van der Waals surface area contributed by atoms with E-state index in [1.165, 1.54) is 4.31 Å². The van der Waals surface area contributed by atoms with Crippen LogP contribution < -0.4 is 9.62 Å². The van der Waals surface area contributed by atoms with Crippen molar-refractivity contribution in [2.75, 3.05) is 23.9 Å². The summed E-state index contributed by atoms with van der Waals surface area (Å²) in [5.74, 6) is -0.643. The molecule has 0 saturated carbocycles. The predicted molar refractivity (Wildman–Crippen MR) is 165 cm³/mol. The van der Waals surface area contributed by atoms with Gasteiger partial charge in [0.2, 0.25) is 11.8 Å². The molecule has 3 rings (SSSR count). The number of hydrogen-bond donors (Lipinski definition) is 1. The molecule has 0 spiro atoms. The van der Waals surface area contributed by atoms with Crippen LogP contribution in [0.1, 0.15) is 55.4 Å². The van der Waals surface area contributed by atoms with E-state index in [0.717, 1.165) is 35.1 Å². The lowest BCUT2D eigenvalue weighted by molar-refractivity contribution is -0.139. The number of carbonyl (C=O) groups is 2. The molecule has 7 nitrogen and oxygen atoms in total. The Morgan fingerprint density at radius 3 is 2.15 bits per heavy atom. The van der Waals surface area contributed by atoms with E-state index in [1.807, 2.05) is 70.2 Å². The average Bonchev–Trinajstić information content (AvgIpc) is 2.95. The molecule has 0 aromatic heterocycles. The molecule has 1 N–H and O–H groups in total. The van der Waals surface area contributed by atoms with Crippen LogP contribution in [-0.2, 0) is 26.0 Å². The molecule has 3 aromatic carbocycles. The van der Waals surface area contributed by atoms with Crippen LogP contribution >= 0.6 is 0 Å². The smallest absolute Gasteiger partial charge is 0.264 e. The van der Waals surface area contributed by atoms with Gasteiger partial charge in [0.05, 0.1) is 10.6 Å². The highest BCUT2D eigenvalue weighted by atomic mass is 32.2. The zero-order valence-electron chi connectivity index (χ0n) is 24.9. The predicted octanol–water partition coefficient (Wildman–Crippen LogP) is 5.57. The number of rotatable bonds is 14. The van der Waals surface area contributed by atoms with Crippen LogP contribution in [-0.4, -0.2) is 50.8 Å². The summed E-state index contributed by atoms with van der Waals surface area (Å²) >= 11 is 0. The van der Waals surface area contributed by atoms with Gasteiger partial charge < -0.3 is 10.2 Å². The van der Waals surface area contributed by atoms with Gasteiger partial charge in [0.15, 0.2) is 0 Å². The van der Waals surface area contributed by atoms with Gasteiger partial charge in [0.1, 0.15) is 12.6 Å². The molecule has 0 radical (unpaired) electrons. The molecular weight excluding hydrogens is 534 g/mol. The summed E-state index contributed by atoms with van der Waals surface area (Å²) in [4.78, 5) is 29.1. The minimum Gasteiger partial charge on any atom is -0.354 e. The Morgan fingerprint density at radius 2 is 1.54 bits per heavy atom. The maximum atomic E-state index is 14.1. The maximum absolute atomic E-state index is 14.1. The van der Waals surface area contributed by atoms with Crippen LogP contribution in [0, 0.1) is 20.8 Å². The van der Waals surface area contributed by atoms with E-state index >= 15 is 0 Å². The van der Waals surface area contributed by atoms with E-state index in [9.17, 15) is 18.0 Å². The molecule has 0 aliphatic carbocycles. The fourth-order valence-electron chi connectivity index (χ4n) is 4.84. The van der Waals surface area contributed by atoms with Crippen molar-refractivity contribution in [1.29, 1.82) is 0 Å². The second-order valence-electron chi connectivity index (χ2n) is 10.5. The highest BCUT2D eigenvalue weighted by molar-refractivity contribution is 7.92. The lowest BCUT2D eigenvalue weighted by atomic mass is 10.1. The number of sulfonamides is 1. The summed E-state index contributed by atoms with van der Waals surface area (Å²) in [6.07, 6.45) is 2.73. The maximum Gasteiger partial charge on any atom is 0.264 e. The van der Waals surface area contributed by atoms with E-state index in [0.29, 0.717) is 25.1 Å². The number of anilines is 1. The number of nitrogens with zero attached hydrogens (tertiary/aromatic N) is 2. The van der Waals surface area contributed by atoms with Crippen LogP contribution in [0.4, 0.5) is 5.69 Å². The highest BCUT2D eigenvalue weighted by Gasteiger charge is 2.33. The highest BCUT2D eigenvalue weighted by Crippen LogP contribution is 2.28. The van der Waals surface area contributed by atoms with E-state index in [-0.39, 0.29) is 17.3 Å². The first-order chi connectivity index (χ1) is 19.6. The Bertz CT molecular complexity index is 1410. The summed E-state index contributed by atoms with van der Waals surface area (Å²) in [6, 6.07) is 21.2. The van der Waals surface area contributed by atoms with Crippen molar-refractivity contribution in [2.24, 2.45) is 0 Å². The summed E-state index contributed by atoms with van der Waals surface area (Å²) in [5.41, 5.74) is 4.14. The molecule has 41 heavy (non-hydrogen) atoms. The third kappa shape index (κ3) is 8.43. The van der Waals surface area contributed by atoms with Crippen molar-refractivity contribution >= 4 is 27.5 Å². The minimum atomic E-state index is -4.09. The first kappa shape index (κ1) is 31.9. The first-order valence-electron chi connectivity index (χ1n) is 14.4. The zero-order valence-corrected chi connectivity index (χ0v) is 25.7. The number of amides is 2. The first-order valence-corrected chi connectivity index (χ1v) is 15.8. The molecule has 0 bridgehead atoms. The van der Waals surface area contributed by atoms with Gasteiger partial charge in [-0.3, -0.25) is 13.9 Å². The van der Waals surface area contributed by atoms with Crippen LogP contribution in [0.2, 0.25) is 0 Å². The van der Waals surface area contributed by atoms with Gasteiger partial charge in [-0.2, -0.15) is 0 Å². The van der Waals surface area contributed by atoms with E-state index in [2.05, 4.69) is 12.2 Å². The minimum absolute atomic E-state index is 0.107. The van der Waals surface area contributed by atoms with Crippen molar-refractivity contribution in [1.82, 2.24) is 10.2 Å². The molecule has 0 fully saturated rings. The number of unbranched alkanes of at least 4 members (excludes halogenated alkanes) is 1. The molecule has 0 heterocycles. The van der Waals surface area contributed by atoms with E-state index < -0.39 is 28.5 Å². The largest absolute Gasteiger partial charge is 0.354 e. The van der Waals surface area contributed by atoms with E-state index in [4.69, 9.17) is 0 Å². The number of nitrogens with one attached hydrogen (secondary N) is 1. The molecule has 220 valence electrons. The zero-order chi connectivity index (χ0) is 30.0. The van der Waals surface area contributed by atoms with Crippen molar-refractivity contribution in [3.05, 3.63) is 95.1 Å². The van der Waals surface area contributed by atoms with Gasteiger partial charge in [-0.1, -0.05) is 86.0 Å². The Balaban J connectivity index is 2.02. The summed E-state index contributed by atoms with van der Waals surface area (Å²) in [6.45, 7) is 9.99. The molecule has 0 saturated heterocycles. The van der Waals surface area contributed by atoms with Gasteiger partial charge in [-0.15, -0.1) is 0 Å². The van der Waals surface area contributed by atoms with Crippen LogP contribution in [0.15, 0.2) is 77.7 Å². The molecule has 0 aliphatic rings. The molecule has 2 amide bonds. The summed E-state index contributed by atoms with van der Waals surface area (Å²) < 4.78 is 29.3. The molecule has 1 atom stereocenters. The van der Waals surface area contributed by atoms with Crippen molar-refractivity contribution in [3.8, 4) is 0 Å². The lowest BCUT2D eigenvalue weighted by Gasteiger charge is -2.33. The molecule has 8 heteroatoms. The Labute approximate surface area is 245 Å². The van der Waals surface area contributed by atoms with Crippen LogP contribution in [0.25, 0.3) is 0 Å². The van der Waals surface area contributed by atoms with Crippen LogP contribution in [0.3, 0.4) is 0 Å². The molecule has 0 unspecified atom stereocenters. The molecule has 0 aliphatic heterocycles. The molecular formula is C33H43N3O4S. The quantitative estimate of drug-likeness (QED) is 0.254.